The third-order valence-electron chi connectivity index (χ3n) is 2.97. The number of aromatic nitrogens is 4. The highest BCUT2D eigenvalue weighted by Gasteiger charge is 2.13. The number of nitrogens with one attached hydrogen (secondary N) is 2. The molecule has 0 atom stereocenters. The molecule has 0 radical (unpaired) electrons. The second-order valence-electron chi connectivity index (χ2n) is 4.60. The molecular weight excluding hydrogens is 309 g/mol. The van der Waals surface area contributed by atoms with Gasteiger partial charge in [-0.15, -0.1) is 0 Å². The standard InChI is InChI=1S/C14H11ClFN5O/c15-12-6-17-20-13(12)14(22)19-11-5-18-21(8-11)7-9-1-3-10(16)4-2-9/h1-6,8H,7H2,(H,17,20)(H,19,22). The van der Waals surface area contributed by atoms with Gasteiger partial charge >= 0.3 is 0 Å². The third-order valence-corrected chi connectivity index (χ3v) is 3.26. The average molecular weight is 320 g/mol. The second-order valence-corrected chi connectivity index (χ2v) is 5.01. The number of carbonyl (C=O) groups is 1. The van der Waals surface area contributed by atoms with Crippen LogP contribution in [0.3, 0.4) is 0 Å². The summed E-state index contributed by atoms with van der Waals surface area (Å²) in [4.78, 5) is 12.0. The van der Waals surface area contributed by atoms with Gasteiger partial charge in [-0.1, -0.05) is 23.7 Å². The number of hydrogen-bond acceptors (Lipinski definition) is 3. The Morgan fingerprint density at radius 2 is 2.09 bits per heavy atom. The summed E-state index contributed by atoms with van der Waals surface area (Å²) in [5, 5.41) is 13.3. The van der Waals surface area contributed by atoms with Gasteiger partial charge in [-0.25, -0.2) is 4.39 Å². The van der Waals surface area contributed by atoms with E-state index in [-0.39, 0.29) is 16.5 Å². The van der Waals surface area contributed by atoms with Crippen molar-refractivity contribution in [3.05, 3.63) is 65.0 Å². The first-order valence-corrected chi connectivity index (χ1v) is 6.77. The van der Waals surface area contributed by atoms with Crippen LogP contribution in [0.2, 0.25) is 5.02 Å². The Balaban J connectivity index is 1.67. The van der Waals surface area contributed by atoms with Crippen molar-refractivity contribution >= 4 is 23.2 Å². The zero-order chi connectivity index (χ0) is 15.5. The van der Waals surface area contributed by atoms with Gasteiger partial charge in [-0.2, -0.15) is 10.2 Å². The summed E-state index contributed by atoms with van der Waals surface area (Å²) in [5.41, 5.74) is 1.62. The molecule has 2 N–H and O–H groups in total. The lowest BCUT2D eigenvalue weighted by Crippen LogP contribution is -2.12. The molecule has 0 fully saturated rings. The van der Waals surface area contributed by atoms with Crippen LogP contribution in [0.15, 0.2) is 42.9 Å². The molecule has 22 heavy (non-hydrogen) atoms. The maximum Gasteiger partial charge on any atom is 0.275 e. The molecule has 112 valence electrons. The SMILES string of the molecule is O=C(Nc1cnn(Cc2ccc(F)cc2)c1)c1[nH]ncc1Cl. The maximum absolute atomic E-state index is 12.9. The number of aromatic amines is 1. The summed E-state index contributed by atoms with van der Waals surface area (Å²) in [7, 11) is 0. The van der Waals surface area contributed by atoms with Crippen LogP contribution in [0.4, 0.5) is 10.1 Å². The van der Waals surface area contributed by atoms with Gasteiger partial charge in [-0.3, -0.25) is 14.6 Å². The minimum Gasteiger partial charge on any atom is -0.318 e. The zero-order valence-electron chi connectivity index (χ0n) is 11.3. The first-order valence-electron chi connectivity index (χ1n) is 6.39. The van der Waals surface area contributed by atoms with E-state index in [9.17, 15) is 9.18 Å². The van der Waals surface area contributed by atoms with E-state index in [1.54, 1.807) is 23.0 Å². The van der Waals surface area contributed by atoms with Crippen molar-refractivity contribution in [1.82, 2.24) is 20.0 Å². The van der Waals surface area contributed by atoms with Crippen LogP contribution in [0.25, 0.3) is 0 Å². The van der Waals surface area contributed by atoms with E-state index in [4.69, 9.17) is 11.6 Å². The molecule has 1 amide bonds. The number of H-pyrrole nitrogens is 1. The Bertz CT molecular complexity index is 796. The predicted molar refractivity (Wildman–Crippen MR) is 79.3 cm³/mol. The van der Waals surface area contributed by atoms with Crippen LogP contribution < -0.4 is 5.32 Å². The van der Waals surface area contributed by atoms with Crippen molar-refractivity contribution in [2.24, 2.45) is 0 Å². The molecule has 0 saturated carbocycles. The molecule has 0 bridgehead atoms. The molecule has 0 aliphatic carbocycles. The lowest BCUT2D eigenvalue weighted by atomic mass is 10.2. The molecule has 3 aromatic rings. The number of benzene rings is 1. The molecular formula is C14H11ClFN5O. The third kappa shape index (κ3) is 3.15. The quantitative estimate of drug-likeness (QED) is 0.776. The van der Waals surface area contributed by atoms with Crippen molar-refractivity contribution in [1.29, 1.82) is 0 Å². The molecule has 8 heteroatoms. The molecule has 6 nitrogen and oxygen atoms in total. The Morgan fingerprint density at radius 3 is 2.77 bits per heavy atom. The Kier molecular flexibility index (Phi) is 3.88. The Labute approximate surface area is 129 Å². The van der Waals surface area contributed by atoms with E-state index in [2.05, 4.69) is 20.6 Å². The zero-order valence-corrected chi connectivity index (χ0v) is 12.0. The highest BCUT2D eigenvalue weighted by atomic mass is 35.5. The van der Waals surface area contributed by atoms with Gasteiger partial charge in [0.1, 0.15) is 11.5 Å². The van der Waals surface area contributed by atoms with Crippen LogP contribution in [-0.4, -0.2) is 25.9 Å². The van der Waals surface area contributed by atoms with Gasteiger partial charge in [0.25, 0.3) is 5.91 Å². The summed E-state index contributed by atoms with van der Waals surface area (Å²) >= 11 is 5.82. The van der Waals surface area contributed by atoms with Crippen LogP contribution >= 0.6 is 11.6 Å². The van der Waals surface area contributed by atoms with Gasteiger partial charge in [0.05, 0.1) is 29.6 Å². The minimum atomic E-state index is -0.399. The predicted octanol–water partition coefficient (Wildman–Crippen LogP) is 2.70. The van der Waals surface area contributed by atoms with Crippen molar-refractivity contribution in [3.8, 4) is 0 Å². The summed E-state index contributed by atoms with van der Waals surface area (Å²) in [6, 6.07) is 6.14. The van der Waals surface area contributed by atoms with E-state index < -0.39 is 5.91 Å². The minimum absolute atomic E-state index is 0.188. The van der Waals surface area contributed by atoms with E-state index in [0.717, 1.165) is 5.56 Å². The molecule has 0 aliphatic heterocycles. The smallest absolute Gasteiger partial charge is 0.275 e. The molecule has 3 rings (SSSR count). The van der Waals surface area contributed by atoms with Gasteiger partial charge in [0, 0.05) is 6.20 Å². The van der Waals surface area contributed by atoms with E-state index >= 15 is 0 Å². The average Bonchev–Trinajstić information content (AvgIpc) is 3.10. The number of hydrogen-bond donors (Lipinski definition) is 2. The first-order chi connectivity index (χ1) is 10.6. The topological polar surface area (TPSA) is 75.6 Å². The second kappa shape index (κ2) is 5.98. The first kappa shape index (κ1) is 14.3. The Hall–Kier alpha value is -2.67. The number of anilines is 1. The number of halogens is 2. The molecule has 2 aromatic heterocycles. The summed E-state index contributed by atoms with van der Waals surface area (Å²) in [6.45, 7) is 0.473. The van der Waals surface area contributed by atoms with Gasteiger partial charge in [-0.05, 0) is 17.7 Å². The lowest BCUT2D eigenvalue weighted by molar-refractivity contribution is 0.102. The maximum atomic E-state index is 12.9. The molecule has 0 saturated heterocycles. The summed E-state index contributed by atoms with van der Waals surface area (Å²) in [6.07, 6.45) is 4.55. The van der Waals surface area contributed by atoms with Crippen LogP contribution in [0.1, 0.15) is 16.1 Å². The highest BCUT2D eigenvalue weighted by molar-refractivity contribution is 6.34. The van der Waals surface area contributed by atoms with E-state index in [1.165, 1.54) is 24.5 Å². The van der Waals surface area contributed by atoms with Crippen molar-refractivity contribution in [2.75, 3.05) is 5.32 Å². The van der Waals surface area contributed by atoms with E-state index in [0.29, 0.717) is 12.2 Å². The normalized spacial score (nSPS) is 10.6. The Morgan fingerprint density at radius 1 is 1.32 bits per heavy atom. The fourth-order valence-corrected chi connectivity index (χ4v) is 2.09. The molecule has 1 aromatic carbocycles. The fraction of sp³-hybridized carbons (Fsp3) is 0.0714. The van der Waals surface area contributed by atoms with Gasteiger partial charge < -0.3 is 5.32 Å². The van der Waals surface area contributed by atoms with Gasteiger partial charge in [0.2, 0.25) is 0 Å². The van der Waals surface area contributed by atoms with Crippen LogP contribution in [-0.2, 0) is 6.54 Å². The summed E-state index contributed by atoms with van der Waals surface area (Å²) < 4.78 is 14.5. The number of amides is 1. The lowest BCUT2D eigenvalue weighted by Gasteiger charge is -2.02. The number of nitrogens with zero attached hydrogens (tertiary/aromatic N) is 3. The molecule has 0 spiro atoms. The molecule has 0 aliphatic rings. The van der Waals surface area contributed by atoms with Crippen molar-refractivity contribution < 1.29 is 9.18 Å². The van der Waals surface area contributed by atoms with Crippen LogP contribution in [0, 0.1) is 5.82 Å². The van der Waals surface area contributed by atoms with Crippen molar-refractivity contribution in [3.63, 3.8) is 0 Å². The van der Waals surface area contributed by atoms with E-state index in [1.807, 2.05) is 0 Å². The van der Waals surface area contributed by atoms with Crippen LogP contribution in [0.5, 0.6) is 0 Å². The van der Waals surface area contributed by atoms with Gasteiger partial charge in [0.15, 0.2) is 0 Å². The molecule has 0 unspecified atom stereocenters. The van der Waals surface area contributed by atoms with Crippen molar-refractivity contribution in [2.45, 2.75) is 6.54 Å². The highest BCUT2D eigenvalue weighted by Crippen LogP contribution is 2.14. The monoisotopic (exact) mass is 319 g/mol. The molecule has 2 heterocycles. The number of carbonyl (C=O) groups excluding carboxylic acids is 1. The fourth-order valence-electron chi connectivity index (χ4n) is 1.92. The largest absolute Gasteiger partial charge is 0.318 e. The number of rotatable bonds is 4. The summed E-state index contributed by atoms with van der Waals surface area (Å²) in [5.74, 6) is -0.683.